The van der Waals surface area contributed by atoms with E-state index in [-0.39, 0.29) is 11.5 Å². The fraction of sp³-hybridized carbons (Fsp3) is 0.0526. The molecule has 24 heavy (non-hydrogen) atoms. The summed E-state index contributed by atoms with van der Waals surface area (Å²) >= 11 is 0. The Morgan fingerprint density at radius 2 is 2.04 bits per heavy atom. The van der Waals surface area contributed by atoms with Crippen LogP contribution in [0.2, 0.25) is 0 Å². The summed E-state index contributed by atoms with van der Waals surface area (Å²) < 4.78 is 6.66. The fourth-order valence-electron chi connectivity index (χ4n) is 2.78. The maximum absolute atomic E-state index is 13.0. The van der Waals surface area contributed by atoms with Crippen LogP contribution >= 0.6 is 0 Å². The number of rotatable bonds is 4. The zero-order valence-electron chi connectivity index (χ0n) is 13.2. The lowest BCUT2D eigenvalue weighted by atomic mass is 10.2. The minimum Gasteiger partial charge on any atom is -0.497 e. The molecule has 0 saturated heterocycles. The molecule has 2 heterocycles. The highest BCUT2D eigenvalue weighted by molar-refractivity contribution is 6.16. The summed E-state index contributed by atoms with van der Waals surface area (Å²) in [6.45, 7) is 7.27. The first-order valence-corrected chi connectivity index (χ1v) is 7.32. The van der Waals surface area contributed by atoms with Crippen molar-refractivity contribution in [1.82, 2.24) is 9.55 Å². The zero-order chi connectivity index (χ0) is 17.3. The highest BCUT2D eigenvalue weighted by Gasteiger charge is 2.20. The van der Waals surface area contributed by atoms with Crippen LogP contribution in [0.15, 0.2) is 72.2 Å². The van der Waals surface area contributed by atoms with Gasteiger partial charge in [0.2, 0.25) is 0 Å². The van der Waals surface area contributed by atoms with Gasteiger partial charge in [-0.2, -0.15) is 0 Å². The van der Waals surface area contributed by atoms with Crippen LogP contribution in [-0.4, -0.2) is 22.6 Å². The maximum Gasteiger partial charge on any atom is 0.272 e. The van der Waals surface area contributed by atoms with Gasteiger partial charge in [0.05, 0.1) is 12.6 Å². The molecule has 1 aromatic carbocycles. The van der Waals surface area contributed by atoms with Gasteiger partial charge < -0.3 is 9.72 Å². The van der Waals surface area contributed by atoms with E-state index in [0.29, 0.717) is 27.7 Å². The van der Waals surface area contributed by atoms with E-state index in [4.69, 9.17) is 4.74 Å². The Kier molecular flexibility index (Phi) is 3.92. The van der Waals surface area contributed by atoms with E-state index in [1.807, 2.05) is 6.07 Å². The number of fused-ring (bicyclic) bond motifs is 3. The molecule has 0 unspecified atom stereocenters. The summed E-state index contributed by atoms with van der Waals surface area (Å²) in [7, 11) is 1.57. The van der Waals surface area contributed by atoms with Crippen molar-refractivity contribution in [2.75, 3.05) is 7.11 Å². The van der Waals surface area contributed by atoms with Gasteiger partial charge in [0.25, 0.3) is 11.5 Å². The second-order valence-corrected chi connectivity index (χ2v) is 5.15. The molecule has 3 aromatic rings. The summed E-state index contributed by atoms with van der Waals surface area (Å²) in [6.07, 6.45) is 6.08. The third-order valence-corrected chi connectivity index (χ3v) is 3.86. The minimum absolute atomic E-state index is 0.294. The molecule has 0 radical (unpaired) electrons. The van der Waals surface area contributed by atoms with Crippen LogP contribution in [0, 0.1) is 0 Å². The Labute approximate surface area is 138 Å². The van der Waals surface area contributed by atoms with Gasteiger partial charge in [0.15, 0.2) is 0 Å². The molecule has 0 amide bonds. The number of hydrogen-bond acceptors (Lipinski definition) is 3. The third kappa shape index (κ3) is 2.27. The average molecular weight is 320 g/mol. The van der Waals surface area contributed by atoms with Gasteiger partial charge in [-0.25, -0.2) is 0 Å². The SMILES string of the molecule is C=C/C=C(\C=C)C(=O)n1c2ccc(OC)cc2c2cc[nH]c(=O)c21. The zero-order valence-corrected chi connectivity index (χ0v) is 13.2. The third-order valence-electron chi connectivity index (χ3n) is 3.86. The molecule has 0 fully saturated rings. The van der Waals surface area contributed by atoms with Gasteiger partial charge >= 0.3 is 0 Å². The van der Waals surface area contributed by atoms with Gasteiger partial charge in [-0.05, 0) is 24.3 Å². The number of hydrogen-bond donors (Lipinski definition) is 1. The highest BCUT2D eigenvalue weighted by Crippen LogP contribution is 2.30. The molecule has 0 atom stereocenters. The van der Waals surface area contributed by atoms with Gasteiger partial charge in [-0.1, -0.05) is 31.4 Å². The summed E-state index contributed by atoms with van der Waals surface area (Å²) in [6, 6.07) is 7.10. The van der Waals surface area contributed by atoms with E-state index in [9.17, 15) is 9.59 Å². The quantitative estimate of drug-likeness (QED) is 0.592. The summed E-state index contributed by atoms with van der Waals surface area (Å²) in [5, 5.41) is 1.45. The standard InChI is InChI=1S/C19H16N2O3/c1-4-6-12(5-2)19(23)21-16-8-7-13(24-3)11-15(16)14-9-10-20-18(22)17(14)21/h4-11H,1-2H2,3H3,(H,20,22)/b12-6+. The molecule has 5 nitrogen and oxygen atoms in total. The number of carbonyl (C=O) groups is 1. The van der Waals surface area contributed by atoms with E-state index < -0.39 is 0 Å². The summed E-state index contributed by atoms with van der Waals surface area (Å²) in [5.74, 6) is 0.312. The largest absolute Gasteiger partial charge is 0.497 e. The Morgan fingerprint density at radius 1 is 1.25 bits per heavy atom. The number of carbonyl (C=O) groups excluding carboxylic acids is 1. The van der Waals surface area contributed by atoms with Crippen molar-refractivity contribution in [3.8, 4) is 5.75 Å². The smallest absolute Gasteiger partial charge is 0.272 e. The predicted molar refractivity (Wildman–Crippen MR) is 95.7 cm³/mol. The number of allylic oxidation sites excluding steroid dienone is 4. The van der Waals surface area contributed by atoms with Crippen molar-refractivity contribution < 1.29 is 9.53 Å². The molecule has 0 bridgehead atoms. The first-order chi connectivity index (χ1) is 11.6. The van der Waals surface area contributed by atoms with Crippen molar-refractivity contribution in [3.63, 3.8) is 0 Å². The maximum atomic E-state index is 13.0. The minimum atomic E-state index is -0.341. The van der Waals surface area contributed by atoms with Crippen LogP contribution in [-0.2, 0) is 0 Å². The highest BCUT2D eigenvalue weighted by atomic mass is 16.5. The molecule has 0 aliphatic rings. The predicted octanol–water partition coefficient (Wildman–Crippen LogP) is 3.43. The van der Waals surface area contributed by atoms with Crippen LogP contribution in [0.5, 0.6) is 5.75 Å². The number of methoxy groups -OCH3 is 1. The van der Waals surface area contributed by atoms with E-state index in [1.165, 1.54) is 16.7 Å². The summed E-state index contributed by atoms with van der Waals surface area (Å²) in [5.41, 5.74) is 0.938. The van der Waals surface area contributed by atoms with Crippen LogP contribution in [0.25, 0.3) is 21.8 Å². The van der Waals surface area contributed by atoms with Crippen molar-refractivity contribution in [2.45, 2.75) is 0 Å². The van der Waals surface area contributed by atoms with E-state index in [1.54, 1.807) is 37.6 Å². The monoisotopic (exact) mass is 320 g/mol. The molecule has 0 aliphatic carbocycles. The molecule has 5 heteroatoms. The van der Waals surface area contributed by atoms with Gasteiger partial charge in [-0.15, -0.1) is 0 Å². The van der Waals surface area contributed by atoms with Crippen LogP contribution in [0.1, 0.15) is 4.79 Å². The lowest BCUT2D eigenvalue weighted by molar-refractivity contribution is 0.0968. The number of aromatic nitrogens is 2. The van der Waals surface area contributed by atoms with Gasteiger partial charge in [0.1, 0.15) is 11.3 Å². The van der Waals surface area contributed by atoms with Crippen LogP contribution < -0.4 is 10.3 Å². The molecule has 3 rings (SSSR count). The van der Waals surface area contributed by atoms with Crippen LogP contribution in [0.3, 0.4) is 0 Å². The number of ether oxygens (including phenoxy) is 1. The number of aromatic amines is 1. The van der Waals surface area contributed by atoms with Crippen molar-refractivity contribution in [1.29, 1.82) is 0 Å². The molecular weight excluding hydrogens is 304 g/mol. The van der Waals surface area contributed by atoms with Crippen molar-refractivity contribution in [2.24, 2.45) is 0 Å². The number of H-pyrrole nitrogens is 1. The lowest BCUT2D eigenvalue weighted by Gasteiger charge is -2.06. The molecule has 0 spiro atoms. The Bertz CT molecular complexity index is 1070. The van der Waals surface area contributed by atoms with E-state index in [0.717, 1.165) is 5.39 Å². The Hall–Kier alpha value is -3.34. The molecular formula is C19H16N2O3. The topological polar surface area (TPSA) is 64.1 Å². The number of nitrogens with zero attached hydrogens (tertiary/aromatic N) is 1. The lowest BCUT2D eigenvalue weighted by Crippen LogP contribution is -2.17. The Morgan fingerprint density at radius 3 is 2.71 bits per heavy atom. The first-order valence-electron chi connectivity index (χ1n) is 7.32. The van der Waals surface area contributed by atoms with E-state index in [2.05, 4.69) is 18.1 Å². The molecule has 0 saturated carbocycles. The number of pyridine rings is 1. The molecule has 120 valence electrons. The number of benzene rings is 1. The van der Waals surface area contributed by atoms with Gasteiger partial charge in [-0.3, -0.25) is 14.2 Å². The second-order valence-electron chi connectivity index (χ2n) is 5.15. The van der Waals surface area contributed by atoms with Crippen molar-refractivity contribution in [3.05, 3.63) is 77.8 Å². The normalized spacial score (nSPS) is 11.6. The first kappa shape index (κ1) is 15.6. The summed E-state index contributed by atoms with van der Waals surface area (Å²) in [4.78, 5) is 27.9. The molecule has 2 aromatic heterocycles. The average Bonchev–Trinajstić information content (AvgIpc) is 2.94. The van der Waals surface area contributed by atoms with Crippen LogP contribution in [0.4, 0.5) is 0 Å². The molecule has 1 N–H and O–H groups in total. The van der Waals surface area contributed by atoms with E-state index >= 15 is 0 Å². The second kappa shape index (κ2) is 6.04. The fourth-order valence-corrected chi connectivity index (χ4v) is 2.78. The number of nitrogens with one attached hydrogen (secondary N) is 1. The van der Waals surface area contributed by atoms with Gasteiger partial charge in [0, 0.05) is 22.5 Å². The molecule has 0 aliphatic heterocycles. The Balaban J connectivity index is 2.47. The van der Waals surface area contributed by atoms with Crippen molar-refractivity contribution >= 4 is 27.7 Å².